The third-order valence-corrected chi connectivity index (χ3v) is 5.75. The van der Waals surface area contributed by atoms with E-state index in [0.717, 1.165) is 23.7 Å². The van der Waals surface area contributed by atoms with E-state index in [1.807, 2.05) is 18.4 Å². The number of Topliss-reactive ketones (excluding diaryl/α,β-unsaturated/α-hetero) is 1. The average Bonchev–Trinajstić information content (AvgIpc) is 2.91. The molecule has 7 nitrogen and oxygen atoms in total. The summed E-state index contributed by atoms with van der Waals surface area (Å²) in [5.74, 6) is -1.22. The van der Waals surface area contributed by atoms with Crippen LogP contribution in [0.5, 0.6) is 0 Å². The van der Waals surface area contributed by atoms with Crippen LogP contribution in [-0.4, -0.2) is 51.3 Å². The van der Waals surface area contributed by atoms with Gasteiger partial charge in [-0.15, -0.1) is 0 Å². The standard InChI is InChI=1S/C19H22ClNO6S/c1-12-9-15(13(2)21(12)7-8-26-3)18(22)11-27-19(23)16-10-14(28(4,24)25)5-6-17(16)20/h5-6,9-10H,7-8,11H2,1-4H3. The van der Waals surface area contributed by atoms with E-state index in [2.05, 4.69) is 0 Å². The van der Waals surface area contributed by atoms with E-state index >= 15 is 0 Å². The molecule has 0 amide bonds. The van der Waals surface area contributed by atoms with Gasteiger partial charge in [0, 0.05) is 36.9 Å². The first-order chi connectivity index (χ1) is 13.1. The normalized spacial score (nSPS) is 11.5. The zero-order chi connectivity index (χ0) is 21.1. The number of ether oxygens (including phenoxy) is 2. The van der Waals surface area contributed by atoms with Gasteiger partial charge >= 0.3 is 5.97 Å². The third-order valence-electron chi connectivity index (χ3n) is 4.31. The Hall–Kier alpha value is -2.16. The van der Waals surface area contributed by atoms with Gasteiger partial charge in [0.05, 0.1) is 22.1 Å². The van der Waals surface area contributed by atoms with Crippen molar-refractivity contribution in [3.8, 4) is 0 Å². The van der Waals surface area contributed by atoms with Gasteiger partial charge in [-0.3, -0.25) is 4.79 Å². The molecule has 152 valence electrons. The molecule has 0 bridgehead atoms. The van der Waals surface area contributed by atoms with Crippen molar-refractivity contribution in [3.63, 3.8) is 0 Å². The van der Waals surface area contributed by atoms with Crippen molar-refractivity contribution < 1.29 is 27.5 Å². The van der Waals surface area contributed by atoms with E-state index in [4.69, 9.17) is 21.1 Å². The number of aromatic nitrogens is 1. The molecule has 1 heterocycles. The minimum absolute atomic E-state index is 0.0441. The Morgan fingerprint density at radius 2 is 1.82 bits per heavy atom. The van der Waals surface area contributed by atoms with Gasteiger partial charge in [-0.05, 0) is 38.1 Å². The minimum atomic E-state index is -3.51. The lowest BCUT2D eigenvalue weighted by molar-refractivity contribution is 0.0474. The predicted molar refractivity (Wildman–Crippen MR) is 105 cm³/mol. The van der Waals surface area contributed by atoms with Gasteiger partial charge in [0.15, 0.2) is 16.4 Å². The first-order valence-corrected chi connectivity index (χ1v) is 10.7. The summed E-state index contributed by atoms with van der Waals surface area (Å²) in [5, 5.41) is 0.0441. The van der Waals surface area contributed by atoms with E-state index < -0.39 is 22.4 Å². The Labute approximate surface area is 169 Å². The smallest absolute Gasteiger partial charge is 0.340 e. The number of aryl methyl sites for hydroxylation is 1. The van der Waals surface area contributed by atoms with Crippen molar-refractivity contribution in [1.82, 2.24) is 4.57 Å². The summed E-state index contributed by atoms with van der Waals surface area (Å²) in [6.45, 7) is 4.32. The average molecular weight is 428 g/mol. The topological polar surface area (TPSA) is 91.7 Å². The predicted octanol–water partition coefficient (Wildman–Crippen LogP) is 2.85. The Bertz CT molecular complexity index is 1010. The second-order valence-electron chi connectivity index (χ2n) is 6.34. The number of hydrogen-bond acceptors (Lipinski definition) is 6. The Morgan fingerprint density at radius 1 is 1.14 bits per heavy atom. The molecule has 0 N–H and O–H groups in total. The van der Waals surface area contributed by atoms with Crippen LogP contribution in [0.4, 0.5) is 0 Å². The molecule has 0 saturated heterocycles. The lowest BCUT2D eigenvalue weighted by Crippen LogP contribution is -2.16. The maximum absolute atomic E-state index is 12.5. The van der Waals surface area contributed by atoms with Gasteiger partial charge in [0.25, 0.3) is 0 Å². The van der Waals surface area contributed by atoms with E-state index in [9.17, 15) is 18.0 Å². The number of sulfone groups is 1. The van der Waals surface area contributed by atoms with Crippen molar-refractivity contribution in [1.29, 1.82) is 0 Å². The lowest BCUT2D eigenvalue weighted by atomic mass is 10.1. The van der Waals surface area contributed by atoms with Crippen LogP contribution in [0.3, 0.4) is 0 Å². The number of carbonyl (C=O) groups excluding carboxylic acids is 2. The molecule has 0 spiro atoms. The van der Waals surface area contributed by atoms with Gasteiger partial charge in [-0.1, -0.05) is 11.6 Å². The Balaban J connectivity index is 2.15. The second kappa shape index (κ2) is 8.89. The molecule has 1 aromatic carbocycles. The summed E-state index contributed by atoms with van der Waals surface area (Å²) in [6.07, 6.45) is 1.02. The van der Waals surface area contributed by atoms with E-state index in [1.54, 1.807) is 13.2 Å². The molecule has 0 saturated carbocycles. The fourth-order valence-corrected chi connectivity index (χ4v) is 3.63. The maximum atomic E-state index is 12.5. The highest BCUT2D eigenvalue weighted by Gasteiger charge is 2.20. The summed E-state index contributed by atoms with van der Waals surface area (Å²) in [6, 6.07) is 5.48. The van der Waals surface area contributed by atoms with E-state index in [-0.39, 0.29) is 21.3 Å². The van der Waals surface area contributed by atoms with Gasteiger partial charge in [-0.25, -0.2) is 13.2 Å². The lowest BCUT2D eigenvalue weighted by Gasteiger charge is -2.09. The third kappa shape index (κ3) is 5.01. The number of nitrogens with zero attached hydrogens (tertiary/aromatic N) is 1. The first kappa shape index (κ1) is 22.1. The molecule has 0 atom stereocenters. The molecule has 0 radical (unpaired) electrons. The van der Waals surface area contributed by atoms with Crippen molar-refractivity contribution in [2.45, 2.75) is 25.3 Å². The fourth-order valence-electron chi connectivity index (χ4n) is 2.79. The van der Waals surface area contributed by atoms with Crippen LogP contribution in [0, 0.1) is 13.8 Å². The van der Waals surface area contributed by atoms with Crippen LogP contribution in [-0.2, 0) is 25.9 Å². The maximum Gasteiger partial charge on any atom is 0.340 e. The highest BCUT2D eigenvalue weighted by atomic mass is 35.5. The molecular formula is C19H22ClNO6S. The minimum Gasteiger partial charge on any atom is -0.454 e. The molecule has 28 heavy (non-hydrogen) atoms. The van der Waals surface area contributed by atoms with Gasteiger partial charge in [-0.2, -0.15) is 0 Å². The fraction of sp³-hybridized carbons (Fsp3) is 0.368. The zero-order valence-electron chi connectivity index (χ0n) is 16.1. The second-order valence-corrected chi connectivity index (χ2v) is 8.77. The number of carbonyl (C=O) groups is 2. The Kier molecular flexibility index (Phi) is 7.03. The number of methoxy groups -OCH3 is 1. The molecule has 0 aliphatic heterocycles. The molecule has 2 rings (SSSR count). The molecule has 0 unspecified atom stereocenters. The van der Waals surface area contributed by atoms with Crippen LogP contribution in [0.25, 0.3) is 0 Å². The highest BCUT2D eigenvalue weighted by molar-refractivity contribution is 7.90. The summed E-state index contributed by atoms with van der Waals surface area (Å²) in [5.41, 5.74) is 2.00. The van der Waals surface area contributed by atoms with E-state index in [0.29, 0.717) is 18.7 Å². The van der Waals surface area contributed by atoms with Crippen molar-refractivity contribution in [2.75, 3.05) is 26.6 Å². The van der Waals surface area contributed by atoms with Crippen LogP contribution in [0.15, 0.2) is 29.2 Å². The quantitative estimate of drug-likeness (QED) is 0.475. The van der Waals surface area contributed by atoms with Crippen LogP contribution < -0.4 is 0 Å². The number of halogens is 1. The first-order valence-electron chi connectivity index (χ1n) is 8.42. The number of hydrogen-bond donors (Lipinski definition) is 0. The Morgan fingerprint density at radius 3 is 2.43 bits per heavy atom. The largest absolute Gasteiger partial charge is 0.454 e. The SMILES string of the molecule is COCCn1c(C)cc(C(=O)COC(=O)c2cc(S(C)(=O)=O)ccc2Cl)c1C. The number of rotatable bonds is 8. The van der Waals surface area contributed by atoms with Crippen LogP contribution >= 0.6 is 11.6 Å². The molecule has 0 fully saturated rings. The van der Waals surface area contributed by atoms with Crippen LogP contribution in [0.2, 0.25) is 5.02 Å². The van der Waals surface area contributed by atoms with Crippen molar-refractivity contribution >= 4 is 33.2 Å². The van der Waals surface area contributed by atoms with Gasteiger partial charge in [0.1, 0.15) is 0 Å². The molecule has 1 aromatic heterocycles. The number of ketones is 1. The number of benzene rings is 1. The van der Waals surface area contributed by atoms with Gasteiger partial charge < -0.3 is 14.0 Å². The van der Waals surface area contributed by atoms with Crippen molar-refractivity contribution in [3.05, 3.63) is 51.8 Å². The summed E-state index contributed by atoms with van der Waals surface area (Å²) in [4.78, 5) is 24.7. The summed E-state index contributed by atoms with van der Waals surface area (Å²) >= 11 is 5.98. The summed E-state index contributed by atoms with van der Waals surface area (Å²) < 4.78 is 35.4. The zero-order valence-corrected chi connectivity index (χ0v) is 17.7. The monoisotopic (exact) mass is 427 g/mol. The van der Waals surface area contributed by atoms with Crippen LogP contribution in [0.1, 0.15) is 32.1 Å². The molecule has 9 heteroatoms. The number of esters is 1. The van der Waals surface area contributed by atoms with E-state index in [1.165, 1.54) is 12.1 Å². The molecular weight excluding hydrogens is 406 g/mol. The highest BCUT2D eigenvalue weighted by Crippen LogP contribution is 2.22. The molecule has 2 aromatic rings. The molecule has 0 aliphatic carbocycles. The summed E-state index contributed by atoms with van der Waals surface area (Å²) in [7, 11) is -1.91. The van der Waals surface area contributed by atoms with Gasteiger partial charge in [0.2, 0.25) is 5.78 Å². The molecule has 0 aliphatic rings. The van der Waals surface area contributed by atoms with Crippen molar-refractivity contribution in [2.24, 2.45) is 0 Å².